The van der Waals surface area contributed by atoms with Crippen LogP contribution in [0.2, 0.25) is 0 Å². The van der Waals surface area contributed by atoms with Crippen molar-refractivity contribution in [3.8, 4) is 17.4 Å². The third-order valence-corrected chi connectivity index (χ3v) is 4.75. The Morgan fingerprint density at radius 2 is 1.96 bits per heavy atom. The van der Waals surface area contributed by atoms with Crippen LogP contribution in [0.25, 0.3) is 0 Å². The molecule has 2 heterocycles. The summed E-state index contributed by atoms with van der Waals surface area (Å²) >= 11 is 0. The standard InChI is InChI=1S/C23H22N2O3/c1-15-12-18-13-20(27-22-11-8-19(14-24-22)25-16(2)26)9-10-21(18)28-23(15)17-6-4-3-5-7-17/h3-11,13-15,23H,12H2,1-2H3,(H,25,26). The number of benzene rings is 2. The summed E-state index contributed by atoms with van der Waals surface area (Å²) in [6.07, 6.45) is 2.55. The van der Waals surface area contributed by atoms with Crippen LogP contribution in [-0.2, 0) is 11.2 Å². The SMILES string of the molecule is CC(=O)Nc1ccc(Oc2ccc3c(c2)CC(C)C(c2ccccc2)O3)nc1. The number of carbonyl (C=O) groups is 1. The first kappa shape index (κ1) is 18.0. The largest absolute Gasteiger partial charge is 0.485 e. The molecule has 0 saturated carbocycles. The molecule has 3 aromatic rings. The van der Waals surface area contributed by atoms with Gasteiger partial charge < -0.3 is 14.8 Å². The fraction of sp³-hybridized carbons (Fsp3) is 0.217. The van der Waals surface area contributed by atoms with E-state index in [0.717, 1.165) is 17.7 Å². The zero-order valence-electron chi connectivity index (χ0n) is 15.9. The first-order valence-electron chi connectivity index (χ1n) is 9.34. The molecule has 0 bridgehead atoms. The van der Waals surface area contributed by atoms with Crippen molar-refractivity contribution in [1.29, 1.82) is 0 Å². The van der Waals surface area contributed by atoms with E-state index in [0.29, 0.717) is 23.2 Å². The number of aromatic nitrogens is 1. The first-order chi connectivity index (χ1) is 13.6. The van der Waals surface area contributed by atoms with Crippen molar-refractivity contribution in [3.63, 3.8) is 0 Å². The molecule has 0 radical (unpaired) electrons. The van der Waals surface area contributed by atoms with Gasteiger partial charge in [-0.25, -0.2) is 4.98 Å². The summed E-state index contributed by atoms with van der Waals surface area (Å²) in [6.45, 7) is 3.67. The van der Waals surface area contributed by atoms with E-state index in [4.69, 9.17) is 9.47 Å². The Bertz CT molecular complexity index is 971. The lowest BCUT2D eigenvalue weighted by Crippen LogP contribution is -2.23. The van der Waals surface area contributed by atoms with Crippen LogP contribution in [0, 0.1) is 5.92 Å². The van der Waals surface area contributed by atoms with Crippen molar-refractivity contribution in [2.45, 2.75) is 26.4 Å². The lowest BCUT2D eigenvalue weighted by atomic mass is 9.88. The second-order valence-corrected chi connectivity index (χ2v) is 7.07. The number of hydrogen-bond donors (Lipinski definition) is 1. The normalized spacial score (nSPS) is 17.9. The summed E-state index contributed by atoms with van der Waals surface area (Å²) in [6, 6.07) is 19.7. The number of nitrogens with one attached hydrogen (secondary N) is 1. The summed E-state index contributed by atoms with van der Waals surface area (Å²) in [5.74, 6) is 2.31. The van der Waals surface area contributed by atoms with Crippen molar-refractivity contribution < 1.29 is 14.3 Å². The van der Waals surface area contributed by atoms with Gasteiger partial charge in [-0.1, -0.05) is 37.3 Å². The van der Waals surface area contributed by atoms with Gasteiger partial charge in [0.2, 0.25) is 11.8 Å². The predicted molar refractivity (Wildman–Crippen MR) is 108 cm³/mol. The van der Waals surface area contributed by atoms with Gasteiger partial charge >= 0.3 is 0 Å². The van der Waals surface area contributed by atoms with Crippen LogP contribution in [0.1, 0.15) is 31.1 Å². The minimum atomic E-state index is -0.131. The molecule has 1 N–H and O–H groups in total. The molecule has 1 amide bonds. The molecule has 2 unspecified atom stereocenters. The van der Waals surface area contributed by atoms with Crippen molar-refractivity contribution >= 4 is 11.6 Å². The smallest absolute Gasteiger partial charge is 0.221 e. The van der Waals surface area contributed by atoms with Crippen LogP contribution in [0.5, 0.6) is 17.4 Å². The topological polar surface area (TPSA) is 60.5 Å². The zero-order valence-corrected chi connectivity index (χ0v) is 15.9. The van der Waals surface area contributed by atoms with Gasteiger partial charge in [-0.2, -0.15) is 0 Å². The molecule has 28 heavy (non-hydrogen) atoms. The Kier molecular flexibility index (Phi) is 4.98. The average Bonchev–Trinajstić information content (AvgIpc) is 2.69. The molecule has 0 spiro atoms. The number of pyridine rings is 1. The van der Waals surface area contributed by atoms with E-state index in [1.165, 1.54) is 12.5 Å². The van der Waals surface area contributed by atoms with Crippen molar-refractivity contribution in [2.75, 3.05) is 5.32 Å². The minimum Gasteiger partial charge on any atom is -0.485 e. The Labute approximate surface area is 164 Å². The number of rotatable bonds is 4. The molecule has 0 saturated heterocycles. The highest BCUT2D eigenvalue weighted by molar-refractivity contribution is 5.88. The number of anilines is 1. The zero-order chi connectivity index (χ0) is 19.5. The Morgan fingerprint density at radius 3 is 2.68 bits per heavy atom. The Hall–Kier alpha value is -3.34. The van der Waals surface area contributed by atoms with Gasteiger partial charge in [0.15, 0.2) is 0 Å². The monoisotopic (exact) mass is 374 g/mol. The fourth-order valence-corrected chi connectivity index (χ4v) is 3.48. The summed E-state index contributed by atoms with van der Waals surface area (Å²) < 4.78 is 12.1. The van der Waals surface area contributed by atoms with E-state index >= 15 is 0 Å². The highest BCUT2D eigenvalue weighted by Gasteiger charge is 2.28. The molecule has 2 atom stereocenters. The molecule has 4 rings (SSSR count). The van der Waals surface area contributed by atoms with E-state index in [2.05, 4.69) is 29.4 Å². The number of hydrogen-bond acceptors (Lipinski definition) is 4. The van der Waals surface area contributed by atoms with E-state index in [1.807, 2.05) is 36.4 Å². The number of ether oxygens (including phenoxy) is 2. The Balaban J connectivity index is 1.49. The maximum absolute atomic E-state index is 11.1. The van der Waals surface area contributed by atoms with E-state index in [9.17, 15) is 4.79 Å². The minimum absolute atomic E-state index is 0.0588. The van der Waals surface area contributed by atoms with Crippen LogP contribution in [0.3, 0.4) is 0 Å². The maximum Gasteiger partial charge on any atom is 0.221 e. The van der Waals surface area contributed by atoms with E-state index < -0.39 is 0 Å². The van der Waals surface area contributed by atoms with Crippen molar-refractivity contribution in [2.24, 2.45) is 5.92 Å². The molecule has 1 aliphatic heterocycles. The second kappa shape index (κ2) is 7.72. The van der Waals surface area contributed by atoms with Gasteiger partial charge in [0, 0.05) is 18.9 Å². The van der Waals surface area contributed by atoms with E-state index in [1.54, 1.807) is 18.3 Å². The van der Waals surface area contributed by atoms with Gasteiger partial charge in [-0.3, -0.25) is 4.79 Å². The maximum atomic E-state index is 11.1. The molecular formula is C23H22N2O3. The molecule has 2 aromatic carbocycles. The average molecular weight is 374 g/mol. The van der Waals surface area contributed by atoms with Gasteiger partial charge in [0.1, 0.15) is 17.6 Å². The number of amides is 1. The van der Waals surface area contributed by atoms with Crippen molar-refractivity contribution in [1.82, 2.24) is 4.98 Å². The fourth-order valence-electron chi connectivity index (χ4n) is 3.48. The van der Waals surface area contributed by atoms with Gasteiger partial charge in [-0.05, 0) is 41.8 Å². The number of nitrogens with zero attached hydrogens (tertiary/aromatic N) is 1. The lowest BCUT2D eigenvalue weighted by Gasteiger charge is -2.32. The number of fused-ring (bicyclic) bond motifs is 1. The van der Waals surface area contributed by atoms with Crippen LogP contribution >= 0.6 is 0 Å². The predicted octanol–water partition coefficient (Wildman–Crippen LogP) is 5.14. The third kappa shape index (κ3) is 3.98. The summed E-state index contributed by atoms with van der Waals surface area (Å²) in [4.78, 5) is 15.3. The molecule has 0 fully saturated rings. The summed E-state index contributed by atoms with van der Waals surface area (Å²) in [5, 5.41) is 2.69. The molecule has 1 aliphatic rings. The Morgan fingerprint density at radius 1 is 1.14 bits per heavy atom. The number of carbonyl (C=O) groups excluding carboxylic acids is 1. The van der Waals surface area contributed by atoms with E-state index in [-0.39, 0.29) is 12.0 Å². The summed E-state index contributed by atoms with van der Waals surface area (Å²) in [5.41, 5.74) is 2.97. The van der Waals surface area contributed by atoms with Crippen LogP contribution in [-0.4, -0.2) is 10.9 Å². The molecule has 1 aromatic heterocycles. The lowest BCUT2D eigenvalue weighted by molar-refractivity contribution is -0.114. The van der Waals surface area contributed by atoms with Gasteiger partial charge in [-0.15, -0.1) is 0 Å². The third-order valence-electron chi connectivity index (χ3n) is 4.75. The van der Waals surface area contributed by atoms with Crippen LogP contribution in [0.15, 0.2) is 66.9 Å². The summed E-state index contributed by atoms with van der Waals surface area (Å²) in [7, 11) is 0. The van der Waals surface area contributed by atoms with Crippen molar-refractivity contribution in [3.05, 3.63) is 78.0 Å². The quantitative estimate of drug-likeness (QED) is 0.686. The first-order valence-corrected chi connectivity index (χ1v) is 9.34. The van der Waals surface area contributed by atoms with Gasteiger partial charge in [0.25, 0.3) is 0 Å². The highest BCUT2D eigenvalue weighted by atomic mass is 16.5. The molecule has 5 heteroatoms. The highest BCUT2D eigenvalue weighted by Crippen LogP contribution is 2.40. The molecule has 5 nitrogen and oxygen atoms in total. The molecule has 142 valence electrons. The van der Waals surface area contributed by atoms with Gasteiger partial charge in [0.05, 0.1) is 11.9 Å². The molecule has 0 aliphatic carbocycles. The van der Waals surface area contributed by atoms with Crippen LogP contribution in [0.4, 0.5) is 5.69 Å². The molecular weight excluding hydrogens is 352 g/mol. The van der Waals surface area contributed by atoms with Crippen LogP contribution < -0.4 is 14.8 Å². The second-order valence-electron chi connectivity index (χ2n) is 7.07.